The summed E-state index contributed by atoms with van der Waals surface area (Å²) >= 11 is 1.31. The zero-order valence-corrected chi connectivity index (χ0v) is 11.9. The molecule has 7 nitrogen and oxygen atoms in total. The number of azo groups is 1. The van der Waals surface area contributed by atoms with Crippen molar-refractivity contribution in [2.75, 3.05) is 0 Å². The Morgan fingerprint density at radius 1 is 1.19 bits per heavy atom. The number of hydrogen-bond donors (Lipinski definition) is 1. The summed E-state index contributed by atoms with van der Waals surface area (Å²) in [5.41, 5.74) is 1.75. The first-order valence-corrected chi connectivity index (χ1v) is 7.07. The van der Waals surface area contributed by atoms with Crippen molar-refractivity contribution in [3.05, 3.63) is 36.0 Å². The highest BCUT2D eigenvalue weighted by atomic mass is 32.1. The lowest BCUT2D eigenvalue weighted by Gasteiger charge is -1.91. The number of aromatic hydroxyl groups is 1. The third-order valence-corrected chi connectivity index (χ3v) is 3.58. The largest absolute Gasteiger partial charge is 0.478 e. The lowest BCUT2D eigenvalue weighted by atomic mass is 10.2. The van der Waals surface area contributed by atoms with Gasteiger partial charge in [-0.2, -0.15) is 0 Å². The van der Waals surface area contributed by atoms with Crippen LogP contribution in [0.3, 0.4) is 0 Å². The van der Waals surface area contributed by atoms with Gasteiger partial charge in [-0.25, -0.2) is 0 Å². The standard InChI is InChI=1S/C13H11N5O2S/c1-2-9-10(12(19)20-18-9)14-16-13-17-15-11(21-13)8-6-4-3-5-7-8/h3-7,19H,2H2,1H3. The van der Waals surface area contributed by atoms with Gasteiger partial charge >= 0.3 is 5.95 Å². The first kappa shape index (κ1) is 13.4. The van der Waals surface area contributed by atoms with E-state index < -0.39 is 0 Å². The van der Waals surface area contributed by atoms with E-state index in [9.17, 15) is 5.11 Å². The van der Waals surface area contributed by atoms with E-state index >= 15 is 0 Å². The molecule has 3 aromatic rings. The molecule has 0 saturated heterocycles. The van der Waals surface area contributed by atoms with Gasteiger partial charge in [-0.05, 0) is 6.42 Å². The van der Waals surface area contributed by atoms with Gasteiger partial charge in [0.15, 0.2) is 5.69 Å². The second kappa shape index (κ2) is 5.80. The zero-order valence-electron chi connectivity index (χ0n) is 11.1. The summed E-state index contributed by atoms with van der Waals surface area (Å²) in [5, 5.41) is 30.3. The highest BCUT2D eigenvalue weighted by Gasteiger charge is 2.13. The average molecular weight is 301 g/mol. The minimum Gasteiger partial charge on any atom is -0.478 e. The molecule has 0 atom stereocenters. The summed E-state index contributed by atoms with van der Waals surface area (Å²) in [6.45, 7) is 1.88. The lowest BCUT2D eigenvalue weighted by Crippen LogP contribution is -1.77. The molecule has 2 aromatic heterocycles. The van der Waals surface area contributed by atoms with Crippen molar-refractivity contribution in [2.24, 2.45) is 10.2 Å². The number of nitrogens with zero attached hydrogens (tertiary/aromatic N) is 5. The van der Waals surface area contributed by atoms with Gasteiger partial charge in [-0.15, -0.1) is 20.4 Å². The molecule has 0 unspecified atom stereocenters. The molecule has 21 heavy (non-hydrogen) atoms. The number of aryl methyl sites for hydroxylation is 1. The third-order valence-electron chi connectivity index (χ3n) is 2.72. The molecule has 1 aromatic carbocycles. The normalized spacial score (nSPS) is 11.3. The Hall–Kier alpha value is -2.61. The number of benzene rings is 1. The van der Waals surface area contributed by atoms with Crippen LogP contribution in [0.2, 0.25) is 0 Å². The van der Waals surface area contributed by atoms with E-state index in [2.05, 4.69) is 30.1 Å². The third kappa shape index (κ3) is 2.79. The van der Waals surface area contributed by atoms with Gasteiger partial charge in [0.25, 0.3) is 5.13 Å². The molecule has 0 aliphatic rings. The molecule has 2 heterocycles. The Morgan fingerprint density at radius 3 is 2.76 bits per heavy atom. The van der Waals surface area contributed by atoms with Gasteiger partial charge in [0.2, 0.25) is 0 Å². The van der Waals surface area contributed by atoms with Crippen LogP contribution < -0.4 is 0 Å². The molecule has 0 aliphatic heterocycles. The molecule has 0 radical (unpaired) electrons. The number of aromatic nitrogens is 3. The maximum absolute atomic E-state index is 9.51. The number of rotatable bonds is 4. The topological polar surface area (TPSA) is 96.8 Å². The highest BCUT2D eigenvalue weighted by Crippen LogP contribution is 2.33. The van der Waals surface area contributed by atoms with E-state index in [1.165, 1.54) is 11.3 Å². The van der Waals surface area contributed by atoms with Crippen molar-refractivity contribution >= 4 is 22.2 Å². The van der Waals surface area contributed by atoms with Crippen LogP contribution in [0.15, 0.2) is 45.1 Å². The minimum absolute atomic E-state index is 0.231. The van der Waals surface area contributed by atoms with Crippen molar-refractivity contribution in [1.29, 1.82) is 0 Å². The van der Waals surface area contributed by atoms with Crippen molar-refractivity contribution < 1.29 is 9.63 Å². The van der Waals surface area contributed by atoms with Crippen molar-refractivity contribution in [1.82, 2.24) is 15.4 Å². The van der Waals surface area contributed by atoms with Gasteiger partial charge in [0.05, 0.1) is 0 Å². The molecule has 1 N–H and O–H groups in total. The quantitative estimate of drug-likeness (QED) is 0.737. The molecule has 0 saturated carbocycles. The summed E-state index contributed by atoms with van der Waals surface area (Å²) in [6, 6.07) is 9.69. The second-order valence-corrected chi connectivity index (χ2v) is 5.05. The smallest absolute Gasteiger partial charge is 0.337 e. The summed E-state index contributed by atoms with van der Waals surface area (Å²) in [5.74, 6) is -0.344. The van der Waals surface area contributed by atoms with Crippen molar-refractivity contribution in [3.8, 4) is 16.5 Å². The highest BCUT2D eigenvalue weighted by molar-refractivity contribution is 7.18. The van der Waals surface area contributed by atoms with E-state index in [1.54, 1.807) is 0 Å². The van der Waals surface area contributed by atoms with E-state index in [0.29, 0.717) is 17.2 Å². The van der Waals surface area contributed by atoms with Gasteiger partial charge < -0.3 is 9.63 Å². The first-order valence-electron chi connectivity index (χ1n) is 6.26. The van der Waals surface area contributed by atoms with Gasteiger partial charge in [-0.1, -0.05) is 53.7 Å². The molecule has 0 aliphatic carbocycles. The van der Waals surface area contributed by atoms with Crippen LogP contribution in [-0.4, -0.2) is 20.5 Å². The van der Waals surface area contributed by atoms with Crippen LogP contribution in [0.1, 0.15) is 12.6 Å². The van der Waals surface area contributed by atoms with Crippen LogP contribution in [0.5, 0.6) is 5.95 Å². The summed E-state index contributed by atoms with van der Waals surface area (Å²) in [4.78, 5) is 0. The van der Waals surface area contributed by atoms with E-state index in [1.807, 2.05) is 37.3 Å². The zero-order chi connectivity index (χ0) is 14.7. The molecule has 3 rings (SSSR count). The van der Waals surface area contributed by atoms with Crippen LogP contribution >= 0.6 is 11.3 Å². The molecule has 0 bridgehead atoms. The molecule has 0 spiro atoms. The van der Waals surface area contributed by atoms with Gasteiger partial charge in [-0.3, -0.25) is 0 Å². The molecular formula is C13H11N5O2S. The van der Waals surface area contributed by atoms with E-state index in [-0.39, 0.29) is 11.6 Å². The minimum atomic E-state index is -0.344. The second-order valence-electron chi connectivity index (χ2n) is 4.09. The fraction of sp³-hybridized carbons (Fsp3) is 0.154. The van der Waals surface area contributed by atoms with Crippen LogP contribution in [0, 0.1) is 0 Å². The fourth-order valence-corrected chi connectivity index (χ4v) is 2.36. The maximum Gasteiger partial charge on any atom is 0.337 e. The average Bonchev–Trinajstić information content (AvgIpc) is 3.13. The predicted molar refractivity (Wildman–Crippen MR) is 77.1 cm³/mol. The van der Waals surface area contributed by atoms with E-state index in [0.717, 1.165) is 10.6 Å². The summed E-state index contributed by atoms with van der Waals surface area (Å²) in [6.07, 6.45) is 0.587. The molecule has 106 valence electrons. The van der Waals surface area contributed by atoms with Crippen molar-refractivity contribution in [3.63, 3.8) is 0 Å². The van der Waals surface area contributed by atoms with Gasteiger partial charge in [0, 0.05) is 5.56 Å². The lowest BCUT2D eigenvalue weighted by molar-refractivity contribution is 0.277. The Balaban J connectivity index is 1.84. The Kier molecular flexibility index (Phi) is 3.69. The number of hydrogen-bond acceptors (Lipinski definition) is 8. The molecule has 0 fully saturated rings. The molecule has 8 heteroatoms. The van der Waals surface area contributed by atoms with Crippen LogP contribution in [-0.2, 0) is 6.42 Å². The first-order chi connectivity index (χ1) is 10.3. The fourth-order valence-electron chi connectivity index (χ4n) is 1.69. The molecule has 0 amide bonds. The van der Waals surface area contributed by atoms with Crippen LogP contribution in [0.25, 0.3) is 10.6 Å². The Morgan fingerprint density at radius 2 is 2.00 bits per heavy atom. The monoisotopic (exact) mass is 301 g/mol. The van der Waals surface area contributed by atoms with Crippen LogP contribution in [0.4, 0.5) is 10.8 Å². The summed E-state index contributed by atoms with van der Waals surface area (Å²) < 4.78 is 4.67. The predicted octanol–water partition coefficient (Wildman–Crippen LogP) is 3.88. The van der Waals surface area contributed by atoms with Gasteiger partial charge in [0.1, 0.15) is 10.7 Å². The molecular weight excluding hydrogens is 290 g/mol. The van der Waals surface area contributed by atoms with E-state index in [4.69, 9.17) is 0 Å². The maximum atomic E-state index is 9.51. The van der Waals surface area contributed by atoms with Crippen molar-refractivity contribution in [2.45, 2.75) is 13.3 Å². The SMILES string of the molecule is CCc1noc(O)c1N=Nc1nnc(-c2ccccc2)s1. The Labute approximate surface area is 124 Å². The summed E-state index contributed by atoms with van der Waals surface area (Å²) in [7, 11) is 0. The Bertz CT molecular complexity index is 766.